The van der Waals surface area contributed by atoms with Crippen LogP contribution in [0.1, 0.15) is 79.1 Å². The lowest BCUT2D eigenvalue weighted by atomic mass is 9.99. The lowest BCUT2D eigenvalue weighted by Gasteiger charge is -2.21. The van der Waals surface area contributed by atoms with E-state index < -0.39 is 0 Å². The van der Waals surface area contributed by atoms with Crippen molar-refractivity contribution in [1.29, 1.82) is 0 Å². The topological polar surface area (TPSA) is 37.8 Å². The third kappa shape index (κ3) is 8.12. The van der Waals surface area contributed by atoms with E-state index in [4.69, 9.17) is 9.97 Å². The van der Waals surface area contributed by atoms with Gasteiger partial charge in [-0.05, 0) is 67.9 Å². The van der Waals surface area contributed by atoms with Gasteiger partial charge < -0.3 is 5.32 Å². The van der Waals surface area contributed by atoms with Crippen LogP contribution in [0.3, 0.4) is 0 Å². The number of aryl methyl sites for hydroxylation is 1. The monoisotopic (exact) mass is 453 g/mol. The number of rotatable bonds is 11. The molecule has 0 aliphatic rings. The lowest BCUT2D eigenvalue weighted by molar-refractivity contribution is 0.491. The quantitative estimate of drug-likeness (QED) is 0.265. The molecular weight excluding hydrogens is 410 g/mol. The van der Waals surface area contributed by atoms with Gasteiger partial charge in [-0.1, -0.05) is 65.8 Å². The predicted octanol–water partition coefficient (Wildman–Crippen LogP) is 8.29. The Kier molecular flexibility index (Phi) is 13.0. The standard InChI is InChI=1S/C26H37N3S.C2H6/c1-7-10-19(6)22(9-3)25-15-20-16-26(28-21(11-8-2)14-18(4)5)27-17-23(20)24(29-25)12-13-30;1-2/h7,9-10,15-18,21,30H,3,8,11-14H2,1-2,4-6H3,(H,27,28);1-2H3/b10-7-,22-19+;. The zero-order valence-corrected chi connectivity index (χ0v) is 22.1. The Bertz CT molecular complexity index is 912. The van der Waals surface area contributed by atoms with Gasteiger partial charge in [0.05, 0.1) is 11.4 Å². The first-order valence-electron chi connectivity index (χ1n) is 12.1. The minimum absolute atomic E-state index is 0.443. The fourth-order valence-corrected chi connectivity index (χ4v) is 4.12. The molecule has 4 heteroatoms. The Morgan fingerprint density at radius 2 is 1.97 bits per heavy atom. The SMILES string of the molecule is C=C/C(=C(C)\C=C/C)c1cc2cc(NC(CCC)CC(C)C)ncc2c(CCS)n1.CC. The number of aromatic nitrogens is 2. The molecule has 2 rings (SSSR count). The molecule has 0 fully saturated rings. The Labute approximate surface area is 201 Å². The normalized spacial score (nSPS) is 13.0. The molecular formula is C28H43N3S. The number of fused-ring (bicyclic) bond motifs is 1. The minimum atomic E-state index is 0.443. The molecule has 32 heavy (non-hydrogen) atoms. The van der Waals surface area contributed by atoms with Crippen LogP contribution in [0.25, 0.3) is 16.3 Å². The average molecular weight is 454 g/mol. The molecule has 2 heterocycles. The van der Waals surface area contributed by atoms with Gasteiger partial charge in [-0.15, -0.1) is 0 Å². The van der Waals surface area contributed by atoms with Crippen molar-refractivity contribution in [1.82, 2.24) is 9.97 Å². The van der Waals surface area contributed by atoms with E-state index in [0.717, 1.165) is 70.6 Å². The fourth-order valence-electron chi connectivity index (χ4n) is 3.91. The molecule has 176 valence electrons. The van der Waals surface area contributed by atoms with Gasteiger partial charge in [0.2, 0.25) is 0 Å². The molecule has 0 aromatic carbocycles. The van der Waals surface area contributed by atoms with E-state index in [1.54, 1.807) is 0 Å². The molecule has 0 bridgehead atoms. The van der Waals surface area contributed by atoms with Crippen molar-refractivity contribution in [3.63, 3.8) is 0 Å². The molecule has 2 aromatic rings. The highest BCUT2D eigenvalue weighted by atomic mass is 32.1. The molecule has 0 saturated heterocycles. The highest BCUT2D eigenvalue weighted by molar-refractivity contribution is 7.80. The predicted molar refractivity (Wildman–Crippen MR) is 148 cm³/mol. The average Bonchev–Trinajstić information content (AvgIpc) is 2.75. The summed E-state index contributed by atoms with van der Waals surface area (Å²) in [5.41, 5.74) is 4.21. The number of anilines is 1. The molecule has 0 aliphatic carbocycles. The number of nitrogens with zero attached hydrogens (tertiary/aromatic N) is 2. The van der Waals surface area contributed by atoms with E-state index in [-0.39, 0.29) is 0 Å². The van der Waals surface area contributed by atoms with Crippen LogP contribution >= 0.6 is 12.6 Å². The smallest absolute Gasteiger partial charge is 0.126 e. The Balaban J connectivity index is 0.00000249. The summed E-state index contributed by atoms with van der Waals surface area (Å²) in [6.45, 7) is 18.9. The van der Waals surface area contributed by atoms with Crippen LogP contribution in [-0.2, 0) is 6.42 Å². The second-order valence-electron chi connectivity index (χ2n) is 8.28. The summed E-state index contributed by atoms with van der Waals surface area (Å²) in [4.78, 5) is 9.67. The third-order valence-electron chi connectivity index (χ3n) is 5.21. The number of hydrogen-bond acceptors (Lipinski definition) is 4. The van der Waals surface area contributed by atoms with E-state index >= 15 is 0 Å². The first-order chi connectivity index (χ1) is 15.4. The van der Waals surface area contributed by atoms with E-state index in [2.05, 4.69) is 70.4 Å². The second kappa shape index (κ2) is 14.9. The summed E-state index contributed by atoms with van der Waals surface area (Å²) >= 11 is 4.45. The van der Waals surface area contributed by atoms with E-state index in [9.17, 15) is 0 Å². The molecule has 0 amide bonds. The van der Waals surface area contributed by atoms with Crippen LogP contribution < -0.4 is 5.32 Å². The Morgan fingerprint density at radius 3 is 2.53 bits per heavy atom. The molecule has 0 radical (unpaired) electrons. The van der Waals surface area contributed by atoms with Gasteiger partial charge in [0.15, 0.2) is 0 Å². The molecule has 0 aliphatic heterocycles. The van der Waals surface area contributed by atoms with E-state index in [1.807, 2.05) is 39.1 Å². The molecule has 1 N–H and O–H groups in total. The maximum absolute atomic E-state index is 4.95. The third-order valence-corrected chi connectivity index (χ3v) is 5.43. The maximum Gasteiger partial charge on any atom is 0.126 e. The van der Waals surface area contributed by atoms with Gasteiger partial charge in [-0.2, -0.15) is 12.6 Å². The van der Waals surface area contributed by atoms with Gasteiger partial charge in [-0.3, -0.25) is 4.98 Å². The fraction of sp³-hybridized carbons (Fsp3) is 0.500. The van der Waals surface area contributed by atoms with Crippen molar-refractivity contribution in [2.45, 2.75) is 80.2 Å². The summed E-state index contributed by atoms with van der Waals surface area (Å²) in [6, 6.07) is 4.77. The molecule has 3 nitrogen and oxygen atoms in total. The van der Waals surface area contributed by atoms with Crippen molar-refractivity contribution >= 4 is 34.8 Å². The Morgan fingerprint density at radius 1 is 1.25 bits per heavy atom. The molecule has 0 saturated carbocycles. The summed E-state index contributed by atoms with van der Waals surface area (Å²) in [6.07, 6.45) is 12.3. The lowest BCUT2D eigenvalue weighted by Crippen LogP contribution is -2.22. The maximum atomic E-state index is 4.95. The summed E-state index contributed by atoms with van der Waals surface area (Å²) in [5, 5.41) is 5.92. The number of nitrogens with one attached hydrogen (secondary N) is 1. The van der Waals surface area contributed by atoms with Crippen molar-refractivity contribution < 1.29 is 0 Å². The summed E-state index contributed by atoms with van der Waals surface area (Å²) < 4.78 is 0. The molecule has 1 atom stereocenters. The summed E-state index contributed by atoms with van der Waals surface area (Å²) in [7, 11) is 0. The van der Waals surface area contributed by atoms with Crippen molar-refractivity contribution in [3.8, 4) is 0 Å². The van der Waals surface area contributed by atoms with Gasteiger partial charge in [-0.25, -0.2) is 4.98 Å². The molecule has 1 unspecified atom stereocenters. The van der Waals surface area contributed by atoms with Crippen LogP contribution in [0.15, 0.2) is 48.7 Å². The number of pyridine rings is 2. The zero-order chi connectivity index (χ0) is 24.1. The number of thiol groups is 1. The van der Waals surface area contributed by atoms with Gasteiger partial charge in [0.1, 0.15) is 5.82 Å². The van der Waals surface area contributed by atoms with E-state index in [0.29, 0.717) is 12.0 Å². The van der Waals surface area contributed by atoms with Crippen molar-refractivity contribution in [2.75, 3.05) is 11.1 Å². The number of hydrogen-bond donors (Lipinski definition) is 2. The zero-order valence-electron chi connectivity index (χ0n) is 21.2. The summed E-state index contributed by atoms with van der Waals surface area (Å²) in [5.74, 6) is 2.34. The first-order valence-corrected chi connectivity index (χ1v) is 12.7. The van der Waals surface area contributed by atoms with Crippen molar-refractivity contribution in [3.05, 3.63) is 60.1 Å². The van der Waals surface area contributed by atoms with Crippen LogP contribution in [0.4, 0.5) is 5.82 Å². The van der Waals surface area contributed by atoms with Crippen LogP contribution in [-0.4, -0.2) is 21.8 Å². The number of allylic oxidation sites excluding steroid dienone is 5. The largest absolute Gasteiger partial charge is 0.367 e. The highest BCUT2D eigenvalue weighted by Crippen LogP contribution is 2.27. The van der Waals surface area contributed by atoms with Crippen LogP contribution in [0.2, 0.25) is 0 Å². The minimum Gasteiger partial charge on any atom is -0.367 e. The molecule has 0 spiro atoms. The van der Waals surface area contributed by atoms with Gasteiger partial charge in [0.25, 0.3) is 0 Å². The van der Waals surface area contributed by atoms with Crippen molar-refractivity contribution in [2.24, 2.45) is 5.92 Å². The van der Waals surface area contributed by atoms with E-state index in [1.165, 1.54) is 0 Å². The highest BCUT2D eigenvalue weighted by Gasteiger charge is 2.13. The Hall–Kier alpha value is -2.07. The second-order valence-corrected chi connectivity index (χ2v) is 8.73. The van der Waals surface area contributed by atoms with Gasteiger partial charge in [0, 0.05) is 23.2 Å². The van der Waals surface area contributed by atoms with Crippen LogP contribution in [0.5, 0.6) is 0 Å². The first kappa shape index (κ1) is 28.0. The van der Waals surface area contributed by atoms with Gasteiger partial charge >= 0.3 is 0 Å². The van der Waals surface area contributed by atoms with Crippen LogP contribution in [0, 0.1) is 5.92 Å². The molecule has 2 aromatic heterocycles.